The van der Waals surface area contributed by atoms with E-state index in [1.165, 1.54) is 20.5 Å². The van der Waals surface area contributed by atoms with Gasteiger partial charge in [-0.25, -0.2) is 8.42 Å². The third-order valence-electron chi connectivity index (χ3n) is 6.78. The van der Waals surface area contributed by atoms with E-state index in [-0.39, 0.29) is 43.0 Å². The maximum absolute atomic E-state index is 13.5. The molecule has 1 fully saturated rings. The molecule has 11 heteroatoms. The third kappa shape index (κ3) is 4.54. The topological polar surface area (TPSA) is 101 Å². The number of aromatic amines is 1. The van der Waals surface area contributed by atoms with Gasteiger partial charge in [-0.3, -0.25) is 4.79 Å². The monoisotopic (exact) mass is 531 g/mol. The summed E-state index contributed by atoms with van der Waals surface area (Å²) in [4.78, 5) is 22.3. The van der Waals surface area contributed by atoms with Gasteiger partial charge in [0.2, 0.25) is 0 Å². The minimum Gasteiger partial charge on any atom is -0.374 e. The summed E-state index contributed by atoms with van der Waals surface area (Å²) in [5.41, 5.74) is 1.80. The van der Waals surface area contributed by atoms with Crippen LogP contribution in [0.25, 0.3) is 10.9 Å². The Labute approximate surface area is 213 Å². The van der Waals surface area contributed by atoms with Crippen LogP contribution >= 0.6 is 22.9 Å². The van der Waals surface area contributed by atoms with Gasteiger partial charge in [-0.15, -0.1) is 11.3 Å². The average molecular weight is 532 g/mol. The largest absolute Gasteiger partial charge is 0.374 e. The number of nitrogens with one attached hydrogen (secondary N) is 1. The van der Waals surface area contributed by atoms with Crippen molar-refractivity contribution in [3.05, 3.63) is 45.1 Å². The molecule has 1 amide bonds. The molecule has 2 aliphatic heterocycles. The van der Waals surface area contributed by atoms with Crippen molar-refractivity contribution in [3.8, 4) is 6.07 Å². The van der Waals surface area contributed by atoms with Crippen LogP contribution in [0, 0.1) is 11.3 Å². The number of nitrogens with zero attached hydrogens (tertiary/aromatic N) is 4. The van der Waals surface area contributed by atoms with Gasteiger partial charge >= 0.3 is 0 Å². The Kier molecular flexibility index (Phi) is 6.53. The standard InChI is InChI=1S/C24H26ClN5O3S2/c1-28-9-3-5-21-20(28)14-22(34-21)24(31)30-11-10-29(15-18(30)4-2-8-26)35(32,33)23-13-16-12-17(25)6-7-19(16)27-23/h6-7,12-14,18,27H,2-5,9-11,15H2,1H3. The Morgan fingerprint density at radius 2 is 2.09 bits per heavy atom. The highest BCUT2D eigenvalue weighted by Gasteiger charge is 2.38. The van der Waals surface area contributed by atoms with Gasteiger partial charge in [0.15, 0.2) is 0 Å². The molecular formula is C24H26ClN5O3S2. The fraction of sp³-hybridized carbons (Fsp3) is 0.417. The summed E-state index contributed by atoms with van der Waals surface area (Å²) in [6, 6.07) is 10.5. The van der Waals surface area contributed by atoms with E-state index < -0.39 is 10.0 Å². The fourth-order valence-electron chi connectivity index (χ4n) is 4.91. The molecule has 1 saturated heterocycles. The van der Waals surface area contributed by atoms with E-state index >= 15 is 0 Å². The number of benzene rings is 1. The number of halogens is 1. The summed E-state index contributed by atoms with van der Waals surface area (Å²) >= 11 is 7.58. The van der Waals surface area contributed by atoms with Crippen molar-refractivity contribution >= 4 is 55.5 Å². The number of hydrogen-bond donors (Lipinski definition) is 1. The van der Waals surface area contributed by atoms with Crippen molar-refractivity contribution in [2.75, 3.05) is 38.1 Å². The zero-order valence-corrected chi connectivity index (χ0v) is 21.7. The quantitative estimate of drug-likeness (QED) is 0.534. The lowest BCUT2D eigenvalue weighted by atomic mass is 10.1. The molecule has 0 saturated carbocycles. The average Bonchev–Trinajstić information content (AvgIpc) is 3.47. The number of carbonyl (C=O) groups is 1. The molecule has 0 aliphatic carbocycles. The maximum atomic E-state index is 13.5. The molecule has 0 bridgehead atoms. The van der Waals surface area contributed by atoms with Crippen LogP contribution in [0.5, 0.6) is 0 Å². The van der Waals surface area contributed by atoms with E-state index in [1.807, 2.05) is 13.1 Å². The molecule has 1 unspecified atom stereocenters. The van der Waals surface area contributed by atoms with Crippen molar-refractivity contribution in [1.82, 2.24) is 14.2 Å². The molecule has 1 atom stereocenters. The molecule has 1 aromatic carbocycles. The van der Waals surface area contributed by atoms with E-state index in [9.17, 15) is 18.5 Å². The van der Waals surface area contributed by atoms with Crippen LogP contribution in [0.1, 0.15) is 33.8 Å². The molecule has 1 N–H and O–H groups in total. The van der Waals surface area contributed by atoms with Gasteiger partial charge in [0.05, 0.1) is 16.6 Å². The minimum absolute atomic E-state index is 0.0851. The van der Waals surface area contributed by atoms with E-state index in [4.69, 9.17) is 11.6 Å². The number of carbonyl (C=O) groups excluding carboxylic acids is 1. The van der Waals surface area contributed by atoms with Crippen LogP contribution in [-0.2, 0) is 16.4 Å². The second kappa shape index (κ2) is 9.47. The van der Waals surface area contributed by atoms with E-state index in [2.05, 4.69) is 16.0 Å². The summed E-state index contributed by atoms with van der Waals surface area (Å²) < 4.78 is 28.3. The maximum Gasteiger partial charge on any atom is 0.264 e. The van der Waals surface area contributed by atoms with Crippen molar-refractivity contribution in [3.63, 3.8) is 0 Å². The van der Waals surface area contributed by atoms with Crippen LogP contribution in [0.3, 0.4) is 0 Å². The lowest BCUT2D eigenvalue weighted by Gasteiger charge is -2.40. The number of hydrogen-bond acceptors (Lipinski definition) is 6. The molecule has 0 radical (unpaired) electrons. The lowest BCUT2D eigenvalue weighted by Crippen LogP contribution is -2.56. The Morgan fingerprint density at radius 1 is 1.26 bits per heavy atom. The fourth-order valence-corrected chi connectivity index (χ4v) is 7.78. The van der Waals surface area contributed by atoms with Crippen molar-refractivity contribution in [1.29, 1.82) is 5.26 Å². The first-order valence-electron chi connectivity index (χ1n) is 11.6. The summed E-state index contributed by atoms with van der Waals surface area (Å²) in [5, 5.41) is 10.5. The molecule has 3 aromatic rings. The summed E-state index contributed by atoms with van der Waals surface area (Å²) in [6.07, 6.45) is 2.70. The summed E-state index contributed by atoms with van der Waals surface area (Å²) in [5.74, 6) is -0.0851. The molecule has 2 aliphatic rings. The highest BCUT2D eigenvalue weighted by atomic mass is 35.5. The second-order valence-corrected chi connectivity index (χ2v) is 12.5. The van der Waals surface area contributed by atoms with Crippen molar-refractivity contribution in [2.45, 2.75) is 36.8 Å². The zero-order valence-electron chi connectivity index (χ0n) is 19.3. The van der Waals surface area contributed by atoms with E-state index in [1.54, 1.807) is 29.2 Å². The Balaban J connectivity index is 1.39. The highest BCUT2D eigenvalue weighted by molar-refractivity contribution is 7.89. The van der Waals surface area contributed by atoms with Crippen LogP contribution < -0.4 is 4.90 Å². The number of nitriles is 1. The number of fused-ring (bicyclic) bond motifs is 2. The number of piperazine rings is 1. The molecule has 5 rings (SSSR count). The van der Waals surface area contributed by atoms with Gasteiger partial charge < -0.3 is 14.8 Å². The van der Waals surface area contributed by atoms with E-state index in [0.29, 0.717) is 21.8 Å². The number of amides is 1. The summed E-state index contributed by atoms with van der Waals surface area (Å²) in [7, 11) is -1.77. The van der Waals surface area contributed by atoms with Gasteiger partial charge in [-0.2, -0.15) is 9.57 Å². The van der Waals surface area contributed by atoms with E-state index in [0.717, 1.165) is 30.5 Å². The number of thiophene rings is 1. The van der Waals surface area contributed by atoms with Crippen molar-refractivity contribution in [2.24, 2.45) is 0 Å². The van der Waals surface area contributed by atoms with Crippen LogP contribution in [-0.4, -0.2) is 67.8 Å². The van der Waals surface area contributed by atoms with Crippen molar-refractivity contribution < 1.29 is 13.2 Å². The van der Waals surface area contributed by atoms with Gasteiger partial charge in [0.25, 0.3) is 15.9 Å². The number of anilines is 1. The Hall–Kier alpha value is -2.58. The minimum atomic E-state index is -3.81. The number of rotatable bonds is 5. The molecule has 4 heterocycles. The predicted molar refractivity (Wildman–Crippen MR) is 138 cm³/mol. The number of sulfonamides is 1. The predicted octanol–water partition coefficient (Wildman–Crippen LogP) is 4.08. The van der Waals surface area contributed by atoms with Gasteiger partial charge in [0.1, 0.15) is 5.03 Å². The van der Waals surface area contributed by atoms with Gasteiger partial charge in [-0.1, -0.05) is 11.6 Å². The SMILES string of the molecule is CN1CCCc2sc(C(=O)N3CCN(S(=O)(=O)c4cc5cc(Cl)ccc5[nH]4)CC3CCC#N)cc21. The molecular weight excluding hydrogens is 506 g/mol. The Morgan fingerprint density at radius 3 is 2.86 bits per heavy atom. The van der Waals surface area contributed by atoms with Crippen LogP contribution in [0.2, 0.25) is 5.02 Å². The third-order valence-corrected chi connectivity index (χ3v) is 9.97. The molecule has 184 valence electrons. The lowest BCUT2D eigenvalue weighted by molar-refractivity contribution is 0.0558. The molecule has 2 aromatic heterocycles. The summed E-state index contributed by atoms with van der Waals surface area (Å²) in [6.45, 7) is 1.59. The van der Waals surface area contributed by atoms with Gasteiger partial charge in [0, 0.05) is 66.5 Å². The van der Waals surface area contributed by atoms with Gasteiger partial charge in [-0.05, 0) is 49.6 Å². The van der Waals surface area contributed by atoms with Crippen LogP contribution in [0.15, 0.2) is 35.4 Å². The number of aryl methyl sites for hydroxylation is 1. The molecule has 8 nitrogen and oxygen atoms in total. The highest BCUT2D eigenvalue weighted by Crippen LogP contribution is 2.35. The smallest absolute Gasteiger partial charge is 0.264 e. The first-order valence-corrected chi connectivity index (χ1v) is 14.2. The normalized spacial score (nSPS) is 19.1. The zero-order chi connectivity index (χ0) is 24.7. The molecule has 35 heavy (non-hydrogen) atoms. The van der Waals surface area contributed by atoms with Crippen LogP contribution in [0.4, 0.5) is 5.69 Å². The first-order chi connectivity index (χ1) is 16.8. The second-order valence-electron chi connectivity index (χ2n) is 9.02. The molecule has 0 spiro atoms. The number of H-pyrrole nitrogens is 1. The Bertz CT molecular complexity index is 1420. The first kappa shape index (κ1) is 24.1. The number of aromatic nitrogens is 1.